The fraction of sp³-hybridized carbons (Fsp3) is 0.667. The zero-order valence-electron chi connectivity index (χ0n) is 11.7. The van der Waals surface area contributed by atoms with E-state index in [4.69, 9.17) is 0 Å². The second-order valence-corrected chi connectivity index (χ2v) is 8.84. The molecule has 1 heterocycles. The summed E-state index contributed by atoms with van der Waals surface area (Å²) in [7, 11) is -3.38. The summed E-state index contributed by atoms with van der Waals surface area (Å²) in [6.07, 6.45) is 0. The molecule has 0 aliphatic heterocycles. The molecule has 110 valence electrons. The maximum absolute atomic E-state index is 12.4. The molecule has 0 saturated carbocycles. The number of nitrogens with one attached hydrogen (secondary N) is 1. The molecule has 4 nitrogen and oxygen atoms in total. The van der Waals surface area contributed by atoms with E-state index >= 15 is 0 Å². The van der Waals surface area contributed by atoms with Gasteiger partial charge >= 0.3 is 0 Å². The standard InChI is InChI=1S/C12H21BrN2O2S2/c1-5-15(6-2)19(16,17)11-7-10(18-12(11)13)8-14-9(3)4/h7,9,14H,5-6,8H2,1-4H3. The Bertz CT molecular complexity index is 508. The lowest BCUT2D eigenvalue weighted by Crippen LogP contribution is -2.30. The van der Waals surface area contributed by atoms with E-state index in [-0.39, 0.29) is 0 Å². The van der Waals surface area contributed by atoms with Crippen molar-refractivity contribution in [2.24, 2.45) is 0 Å². The highest BCUT2D eigenvalue weighted by atomic mass is 79.9. The molecule has 1 aromatic heterocycles. The Balaban J connectivity index is 3.01. The van der Waals surface area contributed by atoms with Crippen molar-refractivity contribution in [2.75, 3.05) is 13.1 Å². The fourth-order valence-electron chi connectivity index (χ4n) is 1.67. The van der Waals surface area contributed by atoms with Crippen LogP contribution in [0.1, 0.15) is 32.6 Å². The quantitative estimate of drug-likeness (QED) is 0.804. The Morgan fingerprint density at radius 1 is 1.37 bits per heavy atom. The third-order valence-corrected chi connectivity index (χ3v) is 7.02. The topological polar surface area (TPSA) is 49.4 Å². The van der Waals surface area contributed by atoms with Gasteiger partial charge in [0.15, 0.2) is 0 Å². The Morgan fingerprint density at radius 2 is 1.95 bits per heavy atom. The first-order chi connectivity index (χ1) is 8.82. The number of nitrogens with zero attached hydrogens (tertiary/aromatic N) is 1. The highest BCUT2D eigenvalue weighted by Gasteiger charge is 2.26. The summed E-state index contributed by atoms with van der Waals surface area (Å²) in [6.45, 7) is 9.49. The van der Waals surface area contributed by atoms with Gasteiger partial charge in [-0.1, -0.05) is 27.7 Å². The van der Waals surface area contributed by atoms with E-state index in [1.165, 1.54) is 15.6 Å². The number of halogens is 1. The second-order valence-electron chi connectivity index (χ2n) is 4.48. The average molecular weight is 369 g/mol. The van der Waals surface area contributed by atoms with Gasteiger partial charge in [0.25, 0.3) is 0 Å². The molecule has 0 amide bonds. The van der Waals surface area contributed by atoms with Crippen LogP contribution < -0.4 is 5.32 Å². The minimum atomic E-state index is -3.38. The predicted octanol–water partition coefficient (Wildman–Crippen LogP) is 3.04. The summed E-state index contributed by atoms with van der Waals surface area (Å²) < 4.78 is 27.1. The third-order valence-electron chi connectivity index (χ3n) is 2.71. The molecule has 1 aromatic rings. The van der Waals surface area contributed by atoms with Gasteiger partial charge in [-0.15, -0.1) is 11.3 Å². The number of hydrogen-bond acceptors (Lipinski definition) is 4. The van der Waals surface area contributed by atoms with Gasteiger partial charge < -0.3 is 5.32 Å². The van der Waals surface area contributed by atoms with Gasteiger partial charge in [-0.05, 0) is 22.0 Å². The molecule has 0 atom stereocenters. The van der Waals surface area contributed by atoms with E-state index in [9.17, 15) is 8.42 Å². The van der Waals surface area contributed by atoms with Crippen LogP contribution in [-0.2, 0) is 16.6 Å². The number of hydrogen-bond donors (Lipinski definition) is 1. The van der Waals surface area contributed by atoms with Crippen molar-refractivity contribution in [1.29, 1.82) is 0 Å². The van der Waals surface area contributed by atoms with Crippen molar-refractivity contribution in [3.63, 3.8) is 0 Å². The van der Waals surface area contributed by atoms with Gasteiger partial charge in [-0.25, -0.2) is 8.42 Å². The molecule has 0 aromatic carbocycles. The van der Waals surface area contributed by atoms with Crippen molar-refractivity contribution >= 4 is 37.3 Å². The Hall–Kier alpha value is 0.0500. The van der Waals surface area contributed by atoms with Crippen LogP contribution in [0.5, 0.6) is 0 Å². The zero-order chi connectivity index (χ0) is 14.6. The first-order valence-corrected chi connectivity index (χ1v) is 9.39. The summed E-state index contributed by atoms with van der Waals surface area (Å²) in [5.74, 6) is 0. The summed E-state index contributed by atoms with van der Waals surface area (Å²) in [4.78, 5) is 1.40. The number of sulfonamides is 1. The predicted molar refractivity (Wildman–Crippen MR) is 84.1 cm³/mol. The van der Waals surface area contributed by atoms with Crippen LogP contribution in [0.2, 0.25) is 0 Å². The Morgan fingerprint density at radius 3 is 2.42 bits per heavy atom. The largest absolute Gasteiger partial charge is 0.310 e. The maximum Gasteiger partial charge on any atom is 0.245 e. The lowest BCUT2D eigenvalue weighted by atomic mass is 10.4. The summed E-state index contributed by atoms with van der Waals surface area (Å²) in [5, 5.41) is 3.29. The summed E-state index contributed by atoms with van der Waals surface area (Å²) in [6, 6.07) is 2.14. The van der Waals surface area contributed by atoms with Gasteiger partial charge in [0.05, 0.1) is 3.79 Å². The first-order valence-electron chi connectivity index (χ1n) is 6.34. The van der Waals surface area contributed by atoms with Crippen LogP contribution in [0, 0.1) is 0 Å². The van der Waals surface area contributed by atoms with Crippen LogP contribution >= 0.6 is 27.3 Å². The van der Waals surface area contributed by atoms with Crippen molar-refractivity contribution in [1.82, 2.24) is 9.62 Å². The molecule has 0 aliphatic rings. The SMILES string of the molecule is CCN(CC)S(=O)(=O)c1cc(CNC(C)C)sc1Br. The highest BCUT2D eigenvalue weighted by Crippen LogP contribution is 2.33. The van der Waals surface area contributed by atoms with E-state index < -0.39 is 10.0 Å². The van der Waals surface area contributed by atoms with E-state index in [1.807, 2.05) is 13.8 Å². The van der Waals surface area contributed by atoms with Crippen LogP contribution in [0.4, 0.5) is 0 Å². The molecule has 19 heavy (non-hydrogen) atoms. The molecular formula is C12H21BrN2O2S2. The monoisotopic (exact) mass is 368 g/mol. The van der Waals surface area contributed by atoms with Crippen molar-refractivity contribution in [2.45, 2.75) is 45.2 Å². The summed E-state index contributed by atoms with van der Waals surface area (Å²) >= 11 is 4.84. The highest BCUT2D eigenvalue weighted by molar-refractivity contribution is 9.11. The first kappa shape index (κ1) is 17.1. The number of thiophene rings is 1. The van der Waals surface area contributed by atoms with E-state index in [2.05, 4.69) is 35.1 Å². The van der Waals surface area contributed by atoms with Gasteiger partial charge in [0, 0.05) is 30.6 Å². The van der Waals surface area contributed by atoms with Gasteiger partial charge in [0.2, 0.25) is 10.0 Å². The molecule has 0 radical (unpaired) electrons. The molecule has 0 unspecified atom stereocenters. The van der Waals surface area contributed by atoms with Gasteiger partial charge in [-0.2, -0.15) is 4.31 Å². The lowest BCUT2D eigenvalue weighted by molar-refractivity contribution is 0.445. The molecule has 0 spiro atoms. The Labute approximate surface area is 128 Å². The van der Waals surface area contributed by atoms with Crippen LogP contribution in [0.15, 0.2) is 14.7 Å². The minimum absolute atomic E-state index is 0.377. The van der Waals surface area contributed by atoms with Crippen molar-refractivity contribution in [3.8, 4) is 0 Å². The molecule has 1 rings (SSSR count). The third kappa shape index (κ3) is 4.26. The fourth-order valence-corrected chi connectivity index (χ4v) is 5.71. The van der Waals surface area contributed by atoms with Crippen LogP contribution in [-0.4, -0.2) is 31.9 Å². The molecule has 0 aliphatic carbocycles. The Kier molecular flexibility index (Phi) is 6.46. The smallest absolute Gasteiger partial charge is 0.245 e. The molecule has 0 saturated heterocycles. The molecule has 7 heteroatoms. The molecule has 0 fully saturated rings. The van der Waals surface area contributed by atoms with E-state index in [0.29, 0.717) is 34.4 Å². The van der Waals surface area contributed by atoms with E-state index in [0.717, 1.165) is 4.88 Å². The van der Waals surface area contributed by atoms with Gasteiger partial charge in [0.1, 0.15) is 4.90 Å². The number of rotatable bonds is 7. The second kappa shape index (κ2) is 7.17. The zero-order valence-corrected chi connectivity index (χ0v) is 15.0. The summed E-state index contributed by atoms with van der Waals surface area (Å²) in [5.41, 5.74) is 0. The van der Waals surface area contributed by atoms with Crippen molar-refractivity contribution in [3.05, 3.63) is 14.7 Å². The van der Waals surface area contributed by atoms with Gasteiger partial charge in [-0.3, -0.25) is 0 Å². The van der Waals surface area contributed by atoms with Crippen LogP contribution in [0.3, 0.4) is 0 Å². The average Bonchev–Trinajstić information content (AvgIpc) is 2.70. The minimum Gasteiger partial charge on any atom is -0.310 e. The molecular weight excluding hydrogens is 348 g/mol. The molecule has 0 bridgehead atoms. The van der Waals surface area contributed by atoms with E-state index in [1.54, 1.807) is 6.07 Å². The maximum atomic E-state index is 12.4. The van der Waals surface area contributed by atoms with Crippen molar-refractivity contribution < 1.29 is 8.42 Å². The normalized spacial score (nSPS) is 12.6. The van der Waals surface area contributed by atoms with Crippen LogP contribution in [0.25, 0.3) is 0 Å². The lowest BCUT2D eigenvalue weighted by Gasteiger charge is -2.17. The molecule has 1 N–H and O–H groups in total.